The first-order valence-electron chi connectivity index (χ1n) is 4.49. The molecule has 3 heteroatoms. The van der Waals surface area contributed by atoms with Crippen molar-refractivity contribution in [3.05, 3.63) is 35.4 Å². The minimum atomic E-state index is -0.748. The third-order valence-corrected chi connectivity index (χ3v) is 3.17. The number of hydrogen-bond acceptors (Lipinski definition) is 2. The summed E-state index contributed by atoms with van der Waals surface area (Å²) in [5.41, 5.74) is 2.40. The van der Waals surface area contributed by atoms with Crippen molar-refractivity contribution in [2.75, 3.05) is 0 Å². The SMILES string of the molecule is Cc1ccc(CS[C@@H](C)C(=O)O)cc1. The van der Waals surface area contributed by atoms with Gasteiger partial charge in [0, 0.05) is 5.75 Å². The lowest BCUT2D eigenvalue weighted by molar-refractivity contribution is -0.136. The highest BCUT2D eigenvalue weighted by Gasteiger charge is 2.10. The summed E-state index contributed by atoms with van der Waals surface area (Å²) >= 11 is 1.44. The first-order valence-corrected chi connectivity index (χ1v) is 5.54. The van der Waals surface area contributed by atoms with Crippen LogP contribution in [0.25, 0.3) is 0 Å². The molecule has 2 nitrogen and oxygen atoms in total. The van der Waals surface area contributed by atoms with Crippen LogP contribution in [0.3, 0.4) is 0 Å². The maximum atomic E-state index is 10.6. The van der Waals surface area contributed by atoms with Crippen LogP contribution < -0.4 is 0 Å². The summed E-state index contributed by atoms with van der Waals surface area (Å²) in [5.74, 6) is 0.00964. The summed E-state index contributed by atoms with van der Waals surface area (Å²) in [6, 6.07) is 8.16. The molecule has 0 aromatic heterocycles. The average Bonchev–Trinajstić information content (AvgIpc) is 2.16. The molecule has 0 unspecified atom stereocenters. The molecular weight excluding hydrogens is 196 g/mol. The van der Waals surface area contributed by atoms with E-state index < -0.39 is 5.97 Å². The summed E-state index contributed by atoms with van der Waals surface area (Å²) in [6.07, 6.45) is 0. The van der Waals surface area contributed by atoms with Gasteiger partial charge in [0.2, 0.25) is 0 Å². The molecule has 0 aliphatic carbocycles. The van der Waals surface area contributed by atoms with Crippen molar-refractivity contribution in [1.82, 2.24) is 0 Å². The van der Waals surface area contributed by atoms with Gasteiger partial charge in [0.1, 0.15) is 0 Å². The Kier molecular flexibility index (Phi) is 4.01. The van der Waals surface area contributed by atoms with Crippen molar-refractivity contribution in [3.63, 3.8) is 0 Å². The van der Waals surface area contributed by atoms with Crippen molar-refractivity contribution in [2.45, 2.75) is 24.9 Å². The number of thioether (sulfide) groups is 1. The molecule has 1 rings (SSSR count). The van der Waals surface area contributed by atoms with Gasteiger partial charge in [0.15, 0.2) is 0 Å². The topological polar surface area (TPSA) is 37.3 Å². The van der Waals surface area contributed by atoms with Crippen molar-refractivity contribution in [3.8, 4) is 0 Å². The molecule has 14 heavy (non-hydrogen) atoms. The fourth-order valence-corrected chi connectivity index (χ4v) is 1.75. The fraction of sp³-hybridized carbons (Fsp3) is 0.364. The molecule has 1 aromatic carbocycles. The Hall–Kier alpha value is -0.960. The van der Waals surface area contributed by atoms with Gasteiger partial charge in [0.05, 0.1) is 5.25 Å². The number of carbonyl (C=O) groups is 1. The highest BCUT2D eigenvalue weighted by Crippen LogP contribution is 2.17. The molecule has 0 fully saturated rings. The van der Waals surface area contributed by atoms with Crippen molar-refractivity contribution >= 4 is 17.7 Å². The Morgan fingerprint density at radius 2 is 2.00 bits per heavy atom. The van der Waals surface area contributed by atoms with E-state index in [-0.39, 0.29) is 5.25 Å². The molecule has 1 N–H and O–H groups in total. The predicted octanol–water partition coefficient (Wildman–Crippen LogP) is 2.70. The van der Waals surface area contributed by atoms with Crippen LogP contribution in [-0.2, 0) is 10.5 Å². The fourth-order valence-electron chi connectivity index (χ4n) is 0.977. The first kappa shape index (κ1) is 11.1. The number of carboxylic acids is 1. The van der Waals surface area contributed by atoms with E-state index in [0.717, 1.165) is 5.75 Å². The lowest BCUT2D eigenvalue weighted by Crippen LogP contribution is -2.11. The van der Waals surface area contributed by atoms with E-state index >= 15 is 0 Å². The Morgan fingerprint density at radius 1 is 1.43 bits per heavy atom. The van der Waals surface area contributed by atoms with Gasteiger partial charge in [-0.2, -0.15) is 0 Å². The average molecular weight is 210 g/mol. The summed E-state index contributed by atoms with van der Waals surface area (Å²) in [6.45, 7) is 3.75. The number of carboxylic acid groups (broad SMARTS) is 1. The van der Waals surface area contributed by atoms with E-state index in [9.17, 15) is 4.79 Å². The highest BCUT2D eigenvalue weighted by molar-refractivity contribution is 7.99. The van der Waals surface area contributed by atoms with Crippen LogP contribution in [0.2, 0.25) is 0 Å². The normalized spacial score (nSPS) is 12.4. The third-order valence-electron chi connectivity index (χ3n) is 1.97. The molecule has 0 radical (unpaired) electrons. The third kappa shape index (κ3) is 3.42. The Labute approximate surface area is 88.3 Å². The van der Waals surface area contributed by atoms with E-state index in [1.54, 1.807) is 6.92 Å². The minimum absolute atomic E-state index is 0.337. The summed E-state index contributed by atoms with van der Waals surface area (Å²) < 4.78 is 0. The van der Waals surface area contributed by atoms with Crippen molar-refractivity contribution in [2.24, 2.45) is 0 Å². The molecule has 0 spiro atoms. The summed E-state index contributed by atoms with van der Waals surface area (Å²) in [7, 11) is 0. The van der Waals surface area contributed by atoms with Crippen LogP contribution in [0.15, 0.2) is 24.3 Å². The van der Waals surface area contributed by atoms with Gasteiger partial charge < -0.3 is 5.11 Å². The number of aryl methyl sites for hydroxylation is 1. The molecular formula is C11H14O2S. The smallest absolute Gasteiger partial charge is 0.316 e. The second kappa shape index (κ2) is 5.05. The first-order chi connectivity index (χ1) is 6.59. The second-order valence-electron chi connectivity index (χ2n) is 3.28. The van der Waals surface area contributed by atoms with Gasteiger partial charge in [-0.1, -0.05) is 29.8 Å². The molecule has 0 aliphatic rings. The van der Waals surface area contributed by atoms with Crippen LogP contribution in [0.5, 0.6) is 0 Å². The minimum Gasteiger partial charge on any atom is -0.480 e. The standard InChI is InChI=1S/C11H14O2S/c1-8-3-5-10(6-4-8)7-14-9(2)11(12)13/h3-6,9H,7H2,1-2H3,(H,12,13)/t9-/m0/s1. The lowest BCUT2D eigenvalue weighted by Gasteiger charge is -2.05. The maximum Gasteiger partial charge on any atom is 0.316 e. The predicted molar refractivity (Wildman–Crippen MR) is 59.6 cm³/mol. The molecule has 0 heterocycles. The highest BCUT2D eigenvalue weighted by atomic mass is 32.2. The van der Waals surface area contributed by atoms with E-state index in [1.807, 2.05) is 31.2 Å². The molecule has 0 saturated carbocycles. The van der Waals surface area contributed by atoms with E-state index in [0.29, 0.717) is 0 Å². The second-order valence-corrected chi connectivity index (χ2v) is 4.61. The lowest BCUT2D eigenvalue weighted by atomic mass is 10.2. The van der Waals surface area contributed by atoms with E-state index in [1.165, 1.54) is 22.9 Å². The van der Waals surface area contributed by atoms with Crippen molar-refractivity contribution in [1.29, 1.82) is 0 Å². The number of hydrogen-bond donors (Lipinski definition) is 1. The number of rotatable bonds is 4. The Morgan fingerprint density at radius 3 is 2.50 bits per heavy atom. The zero-order chi connectivity index (χ0) is 10.6. The number of aliphatic carboxylic acids is 1. The van der Waals surface area contributed by atoms with Crippen LogP contribution >= 0.6 is 11.8 Å². The Bertz CT molecular complexity index is 306. The van der Waals surface area contributed by atoms with Crippen molar-refractivity contribution < 1.29 is 9.90 Å². The molecule has 0 saturated heterocycles. The zero-order valence-corrected chi connectivity index (χ0v) is 9.17. The van der Waals surface area contributed by atoms with E-state index in [4.69, 9.17) is 5.11 Å². The van der Waals surface area contributed by atoms with Crippen LogP contribution in [-0.4, -0.2) is 16.3 Å². The summed E-state index contributed by atoms with van der Waals surface area (Å²) in [4.78, 5) is 10.6. The van der Waals surface area contributed by atoms with Gasteiger partial charge in [-0.15, -0.1) is 11.8 Å². The van der Waals surface area contributed by atoms with Gasteiger partial charge >= 0.3 is 5.97 Å². The Balaban J connectivity index is 2.46. The molecule has 0 bridgehead atoms. The molecule has 1 atom stereocenters. The van der Waals surface area contributed by atoms with E-state index in [2.05, 4.69) is 0 Å². The number of benzene rings is 1. The largest absolute Gasteiger partial charge is 0.480 e. The quantitative estimate of drug-likeness (QED) is 0.830. The molecule has 0 aliphatic heterocycles. The maximum absolute atomic E-state index is 10.6. The molecule has 76 valence electrons. The van der Waals surface area contributed by atoms with Crippen LogP contribution in [0.1, 0.15) is 18.1 Å². The van der Waals surface area contributed by atoms with Gasteiger partial charge in [-0.05, 0) is 19.4 Å². The van der Waals surface area contributed by atoms with Crippen LogP contribution in [0.4, 0.5) is 0 Å². The zero-order valence-electron chi connectivity index (χ0n) is 8.36. The van der Waals surface area contributed by atoms with Gasteiger partial charge in [0.25, 0.3) is 0 Å². The van der Waals surface area contributed by atoms with Gasteiger partial charge in [-0.25, -0.2) is 0 Å². The van der Waals surface area contributed by atoms with Crippen LogP contribution in [0, 0.1) is 6.92 Å². The molecule has 0 amide bonds. The monoisotopic (exact) mass is 210 g/mol. The summed E-state index contributed by atoms with van der Waals surface area (Å²) in [5, 5.41) is 8.35. The van der Waals surface area contributed by atoms with Gasteiger partial charge in [-0.3, -0.25) is 4.79 Å². The molecule has 1 aromatic rings.